The molecule has 1 saturated carbocycles. The van der Waals surface area contributed by atoms with Gasteiger partial charge < -0.3 is 15.4 Å². The lowest BCUT2D eigenvalue weighted by Gasteiger charge is -2.21. The standard InChI is InChI=1S/C18H33N5O.HI/c1-13(11-16-14(2)22-23(5)15(16)3)21-17(19-4)20-12-18(7-8-18)9-10-24-6;/h13H,7-12H2,1-6H3,(H2,19,20,21);1H. The maximum absolute atomic E-state index is 5.22. The molecule has 144 valence electrons. The van der Waals surface area contributed by atoms with Gasteiger partial charge in [-0.1, -0.05) is 0 Å². The van der Waals surface area contributed by atoms with Crippen molar-refractivity contribution in [2.45, 2.75) is 52.5 Å². The highest BCUT2D eigenvalue weighted by Gasteiger charge is 2.41. The number of halogens is 1. The van der Waals surface area contributed by atoms with Crippen LogP contribution in [0.3, 0.4) is 0 Å². The first-order chi connectivity index (χ1) is 11.4. The van der Waals surface area contributed by atoms with Crippen LogP contribution < -0.4 is 10.6 Å². The molecule has 0 bridgehead atoms. The topological polar surface area (TPSA) is 63.5 Å². The number of aromatic nitrogens is 2. The van der Waals surface area contributed by atoms with Crippen LogP contribution in [-0.2, 0) is 18.2 Å². The van der Waals surface area contributed by atoms with E-state index in [-0.39, 0.29) is 24.0 Å². The van der Waals surface area contributed by atoms with Crippen molar-refractivity contribution in [3.8, 4) is 0 Å². The van der Waals surface area contributed by atoms with Crippen LogP contribution >= 0.6 is 24.0 Å². The molecule has 1 aliphatic carbocycles. The van der Waals surface area contributed by atoms with Crippen LogP contribution in [-0.4, -0.2) is 49.1 Å². The molecule has 1 atom stereocenters. The van der Waals surface area contributed by atoms with Gasteiger partial charge in [0.2, 0.25) is 0 Å². The second-order valence-corrected chi connectivity index (χ2v) is 7.19. The smallest absolute Gasteiger partial charge is 0.191 e. The highest BCUT2D eigenvalue weighted by molar-refractivity contribution is 14.0. The number of ether oxygens (including phenoxy) is 1. The number of hydrogen-bond donors (Lipinski definition) is 2. The van der Waals surface area contributed by atoms with Crippen molar-refractivity contribution < 1.29 is 4.74 Å². The summed E-state index contributed by atoms with van der Waals surface area (Å²) >= 11 is 0. The number of nitrogens with zero attached hydrogens (tertiary/aromatic N) is 3. The van der Waals surface area contributed by atoms with E-state index in [9.17, 15) is 0 Å². The Labute approximate surface area is 169 Å². The van der Waals surface area contributed by atoms with Crippen molar-refractivity contribution in [1.82, 2.24) is 20.4 Å². The summed E-state index contributed by atoms with van der Waals surface area (Å²) in [6.07, 6.45) is 4.63. The Kier molecular flexibility index (Phi) is 8.67. The first-order valence-electron chi connectivity index (χ1n) is 8.86. The van der Waals surface area contributed by atoms with Gasteiger partial charge in [0.25, 0.3) is 0 Å². The van der Waals surface area contributed by atoms with Crippen LogP contribution in [0.15, 0.2) is 4.99 Å². The molecule has 0 aromatic carbocycles. The fraction of sp³-hybridized carbons (Fsp3) is 0.778. The van der Waals surface area contributed by atoms with E-state index in [1.54, 1.807) is 7.11 Å². The normalized spacial score (nSPS) is 17.0. The molecule has 7 heteroatoms. The van der Waals surface area contributed by atoms with Crippen molar-refractivity contribution in [3.63, 3.8) is 0 Å². The van der Waals surface area contributed by atoms with Gasteiger partial charge >= 0.3 is 0 Å². The van der Waals surface area contributed by atoms with E-state index in [0.717, 1.165) is 37.6 Å². The van der Waals surface area contributed by atoms with Gasteiger partial charge in [-0.2, -0.15) is 5.10 Å². The van der Waals surface area contributed by atoms with Gasteiger partial charge in [0.05, 0.1) is 5.69 Å². The fourth-order valence-electron chi connectivity index (χ4n) is 3.18. The van der Waals surface area contributed by atoms with Crippen LogP contribution in [0, 0.1) is 19.3 Å². The lowest BCUT2D eigenvalue weighted by atomic mass is 10.0. The Hall–Kier alpha value is -0.830. The molecule has 1 fully saturated rings. The summed E-state index contributed by atoms with van der Waals surface area (Å²) in [4.78, 5) is 4.37. The predicted molar refractivity (Wildman–Crippen MR) is 114 cm³/mol. The molecule has 2 rings (SSSR count). The second kappa shape index (κ2) is 9.75. The summed E-state index contributed by atoms with van der Waals surface area (Å²) in [5.74, 6) is 0.880. The van der Waals surface area contributed by atoms with E-state index < -0.39 is 0 Å². The monoisotopic (exact) mass is 463 g/mol. The van der Waals surface area contributed by atoms with Crippen LogP contribution in [0.2, 0.25) is 0 Å². The molecular weight excluding hydrogens is 429 g/mol. The number of guanidine groups is 1. The van der Waals surface area contributed by atoms with Crippen LogP contribution in [0.4, 0.5) is 0 Å². The lowest BCUT2D eigenvalue weighted by Crippen LogP contribution is -2.45. The predicted octanol–water partition coefficient (Wildman–Crippen LogP) is 2.57. The van der Waals surface area contributed by atoms with E-state index in [4.69, 9.17) is 4.74 Å². The zero-order valence-electron chi connectivity index (χ0n) is 16.5. The number of nitrogens with one attached hydrogen (secondary N) is 2. The highest BCUT2D eigenvalue weighted by Crippen LogP contribution is 2.48. The van der Waals surface area contributed by atoms with E-state index in [1.807, 2.05) is 18.8 Å². The minimum atomic E-state index is 0. The zero-order chi connectivity index (χ0) is 17.7. The Morgan fingerprint density at radius 2 is 2.08 bits per heavy atom. The number of aliphatic imine (C=N–C) groups is 1. The lowest BCUT2D eigenvalue weighted by molar-refractivity contribution is 0.172. The van der Waals surface area contributed by atoms with E-state index in [2.05, 4.69) is 41.5 Å². The van der Waals surface area contributed by atoms with E-state index >= 15 is 0 Å². The Bertz CT molecular complexity index is 580. The Balaban J connectivity index is 0.00000312. The minimum Gasteiger partial charge on any atom is -0.385 e. The van der Waals surface area contributed by atoms with Gasteiger partial charge in [-0.25, -0.2) is 0 Å². The molecule has 0 spiro atoms. The summed E-state index contributed by atoms with van der Waals surface area (Å²) in [6.45, 7) is 8.20. The average molecular weight is 463 g/mol. The van der Waals surface area contributed by atoms with Gasteiger partial charge in [0.15, 0.2) is 5.96 Å². The van der Waals surface area contributed by atoms with Crippen LogP contribution in [0.5, 0.6) is 0 Å². The summed E-state index contributed by atoms with van der Waals surface area (Å²) in [7, 11) is 5.60. The number of methoxy groups -OCH3 is 1. The molecule has 1 unspecified atom stereocenters. The molecule has 0 saturated heterocycles. The van der Waals surface area contributed by atoms with E-state index in [0.29, 0.717) is 11.5 Å². The molecule has 25 heavy (non-hydrogen) atoms. The third kappa shape index (κ3) is 6.13. The molecule has 0 aliphatic heterocycles. The third-order valence-corrected chi connectivity index (χ3v) is 5.20. The van der Waals surface area contributed by atoms with E-state index in [1.165, 1.54) is 24.1 Å². The zero-order valence-corrected chi connectivity index (χ0v) is 18.8. The molecule has 6 nitrogen and oxygen atoms in total. The van der Waals surface area contributed by atoms with Crippen LogP contribution in [0.1, 0.15) is 43.1 Å². The molecule has 1 heterocycles. The minimum absolute atomic E-state index is 0. The van der Waals surface area contributed by atoms with Crippen molar-refractivity contribution in [3.05, 3.63) is 17.0 Å². The first-order valence-corrected chi connectivity index (χ1v) is 8.86. The summed E-state index contributed by atoms with van der Waals surface area (Å²) in [6, 6.07) is 0.298. The Morgan fingerprint density at radius 3 is 2.56 bits per heavy atom. The fourth-order valence-corrected chi connectivity index (χ4v) is 3.18. The van der Waals surface area contributed by atoms with Crippen molar-refractivity contribution in [1.29, 1.82) is 0 Å². The molecule has 1 aromatic heterocycles. The molecular formula is C18H34IN5O. The van der Waals surface area contributed by atoms with Gasteiger partial charge in [-0.05, 0) is 57.4 Å². The number of aryl methyl sites for hydroxylation is 2. The molecule has 0 amide bonds. The summed E-state index contributed by atoms with van der Waals surface area (Å²) in [5.41, 5.74) is 4.09. The van der Waals surface area contributed by atoms with Crippen molar-refractivity contribution >= 4 is 29.9 Å². The van der Waals surface area contributed by atoms with Crippen LogP contribution in [0.25, 0.3) is 0 Å². The Morgan fingerprint density at radius 1 is 1.40 bits per heavy atom. The summed E-state index contributed by atoms with van der Waals surface area (Å²) in [5, 5.41) is 11.5. The first kappa shape index (κ1) is 22.2. The van der Waals surface area contributed by atoms with Gasteiger partial charge in [-0.15, -0.1) is 24.0 Å². The molecule has 1 aromatic rings. The highest BCUT2D eigenvalue weighted by atomic mass is 127. The van der Waals surface area contributed by atoms with Crippen molar-refractivity contribution in [2.24, 2.45) is 17.5 Å². The van der Waals surface area contributed by atoms with Crippen molar-refractivity contribution in [2.75, 3.05) is 27.3 Å². The maximum Gasteiger partial charge on any atom is 0.191 e. The molecule has 2 N–H and O–H groups in total. The quantitative estimate of drug-likeness (QED) is 0.354. The average Bonchev–Trinajstić information content (AvgIpc) is 3.29. The SMILES string of the molecule is CN=C(NCC1(CCOC)CC1)NC(C)Cc1c(C)nn(C)c1C.I. The number of rotatable bonds is 8. The summed E-state index contributed by atoms with van der Waals surface area (Å²) < 4.78 is 7.18. The number of hydrogen-bond acceptors (Lipinski definition) is 3. The van der Waals surface area contributed by atoms with Gasteiger partial charge in [0, 0.05) is 46.1 Å². The second-order valence-electron chi connectivity index (χ2n) is 7.19. The largest absolute Gasteiger partial charge is 0.385 e. The maximum atomic E-state index is 5.22. The molecule has 0 radical (unpaired) electrons. The third-order valence-electron chi connectivity index (χ3n) is 5.20. The van der Waals surface area contributed by atoms with Gasteiger partial charge in [-0.3, -0.25) is 9.67 Å². The molecule has 1 aliphatic rings. The van der Waals surface area contributed by atoms with Gasteiger partial charge in [0.1, 0.15) is 0 Å².